The number of hydrogen-bond acceptors (Lipinski definition) is 5. The number of amides is 1. The van der Waals surface area contributed by atoms with E-state index in [1.807, 2.05) is 0 Å². The van der Waals surface area contributed by atoms with Gasteiger partial charge in [0.15, 0.2) is 0 Å². The summed E-state index contributed by atoms with van der Waals surface area (Å²) in [4.78, 5) is 20.2. The maximum absolute atomic E-state index is 11.6. The summed E-state index contributed by atoms with van der Waals surface area (Å²) in [5.41, 5.74) is 1.12. The van der Waals surface area contributed by atoms with Crippen LogP contribution in [0, 0.1) is 5.92 Å². The van der Waals surface area contributed by atoms with Crippen LogP contribution >= 0.6 is 0 Å². The average Bonchev–Trinajstić information content (AvgIpc) is 3.31. The van der Waals surface area contributed by atoms with Gasteiger partial charge in [-0.25, -0.2) is 9.97 Å². The molecule has 0 radical (unpaired) electrons. The van der Waals surface area contributed by atoms with Crippen LogP contribution in [-0.2, 0) is 11.2 Å². The van der Waals surface area contributed by atoms with Gasteiger partial charge < -0.3 is 16.0 Å². The first kappa shape index (κ1) is 15.5. The summed E-state index contributed by atoms with van der Waals surface area (Å²) in [6.45, 7) is 6.34. The topological polar surface area (TPSA) is 78.9 Å². The van der Waals surface area contributed by atoms with Crippen LogP contribution in [0.1, 0.15) is 38.7 Å². The van der Waals surface area contributed by atoms with Crippen molar-refractivity contribution in [3.05, 3.63) is 11.9 Å². The quantitative estimate of drug-likeness (QED) is 0.605. The molecule has 0 aromatic carbocycles. The second-order valence-electron chi connectivity index (χ2n) is 5.32. The van der Waals surface area contributed by atoms with E-state index in [0.717, 1.165) is 49.4 Å². The molecule has 1 heterocycles. The Balaban J connectivity index is 1.88. The zero-order valence-corrected chi connectivity index (χ0v) is 12.9. The molecule has 0 aliphatic heterocycles. The molecule has 1 aliphatic carbocycles. The van der Waals surface area contributed by atoms with Crippen LogP contribution < -0.4 is 16.0 Å². The molecule has 0 unspecified atom stereocenters. The molecular formula is C15H25N5O. The maximum Gasteiger partial charge on any atom is 0.223 e. The zero-order chi connectivity index (χ0) is 15.1. The molecule has 21 heavy (non-hydrogen) atoms. The standard InChI is InChI=1S/C15H25N5O/c1-3-5-12-13(16-4-2)19-10-20-14(12)17-8-9-18-15(21)11-6-7-11/h10-11H,3-9H2,1-2H3,(H,18,21)(H2,16,17,19,20). The first-order valence-corrected chi connectivity index (χ1v) is 7.85. The number of aromatic nitrogens is 2. The van der Waals surface area contributed by atoms with Crippen molar-refractivity contribution in [3.63, 3.8) is 0 Å². The van der Waals surface area contributed by atoms with Crippen molar-refractivity contribution in [2.24, 2.45) is 5.92 Å². The van der Waals surface area contributed by atoms with Crippen molar-refractivity contribution in [1.29, 1.82) is 0 Å². The fourth-order valence-corrected chi connectivity index (χ4v) is 2.23. The van der Waals surface area contributed by atoms with E-state index in [1.165, 1.54) is 0 Å². The van der Waals surface area contributed by atoms with E-state index in [2.05, 4.69) is 39.8 Å². The molecule has 0 spiro atoms. The molecular weight excluding hydrogens is 266 g/mol. The van der Waals surface area contributed by atoms with Gasteiger partial charge >= 0.3 is 0 Å². The summed E-state index contributed by atoms with van der Waals surface area (Å²) in [6, 6.07) is 0. The number of carbonyl (C=O) groups is 1. The van der Waals surface area contributed by atoms with E-state index in [1.54, 1.807) is 6.33 Å². The molecule has 0 bridgehead atoms. The third-order valence-corrected chi connectivity index (χ3v) is 3.45. The lowest BCUT2D eigenvalue weighted by Crippen LogP contribution is -2.30. The lowest BCUT2D eigenvalue weighted by molar-refractivity contribution is -0.122. The lowest BCUT2D eigenvalue weighted by atomic mass is 10.1. The molecule has 1 aromatic heterocycles. The molecule has 0 atom stereocenters. The third kappa shape index (κ3) is 4.58. The highest BCUT2D eigenvalue weighted by molar-refractivity contribution is 5.80. The second-order valence-corrected chi connectivity index (χ2v) is 5.32. The van der Waals surface area contributed by atoms with Gasteiger partial charge in [-0.3, -0.25) is 4.79 Å². The Morgan fingerprint density at radius 3 is 2.52 bits per heavy atom. The van der Waals surface area contributed by atoms with Gasteiger partial charge in [0.25, 0.3) is 0 Å². The number of hydrogen-bond donors (Lipinski definition) is 3. The van der Waals surface area contributed by atoms with Gasteiger partial charge in [0.2, 0.25) is 5.91 Å². The number of carbonyl (C=O) groups excluding carboxylic acids is 1. The van der Waals surface area contributed by atoms with Gasteiger partial charge in [-0.15, -0.1) is 0 Å². The van der Waals surface area contributed by atoms with Crippen LogP contribution in [0.2, 0.25) is 0 Å². The normalized spacial score (nSPS) is 13.8. The summed E-state index contributed by atoms with van der Waals surface area (Å²) >= 11 is 0. The zero-order valence-electron chi connectivity index (χ0n) is 12.9. The lowest BCUT2D eigenvalue weighted by Gasteiger charge is -2.14. The average molecular weight is 291 g/mol. The van der Waals surface area contributed by atoms with Crippen molar-refractivity contribution >= 4 is 17.5 Å². The van der Waals surface area contributed by atoms with Crippen LogP contribution in [0.15, 0.2) is 6.33 Å². The summed E-state index contributed by atoms with van der Waals surface area (Å²) < 4.78 is 0. The molecule has 1 amide bonds. The van der Waals surface area contributed by atoms with Crippen LogP contribution in [0.25, 0.3) is 0 Å². The van der Waals surface area contributed by atoms with E-state index in [0.29, 0.717) is 13.1 Å². The van der Waals surface area contributed by atoms with E-state index < -0.39 is 0 Å². The smallest absolute Gasteiger partial charge is 0.223 e. The summed E-state index contributed by atoms with van der Waals surface area (Å²) in [5, 5.41) is 9.52. The molecule has 1 fully saturated rings. The van der Waals surface area contributed by atoms with E-state index in [9.17, 15) is 4.79 Å². The Hall–Kier alpha value is -1.85. The minimum atomic E-state index is 0.182. The first-order chi connectivity index (χ1) is 10.3. The first-order valence-electron chi connectivity index (χ1n) is 7.85. The van der Waals surface area contributed by atoms with Crippen molar-refractivity contribution in [1.82, 2.24) is 15.3 Å². The van der Waals surface area contributed by atoms with Crippen LogP contribution in [-0.4, -0.2) is 35.5 Å². The molecule has 1 aliphatic rings. The molecule has 3 N–H and O–H groups in total. The molecule has 1 aromatic rings. The molecule has 2 rings (SSSR count). The summed E-state index contributed by atoms with van der Waals surface area (Å²) in [5.74, 6) is 2.21. The minimum Gasteiger partial charge on any atom is -0.370 e. The molecule has 0 saturated heterocycles. The molecule has 6 nitrogen and oxygen atoms in total. The van der Waals surface area contributed by atoms with Crippen LogP contribution in [0.5, 0.6) is 0 Å². The Labute approximate surface area is 126 Å². The van der Waals surface area contributed by atoms with Gasteiger partial charge in [-0.1, -0.05) is 13.3 Å². The fraction of sp³-hybridized carbons (Fsp3) is 0.667. The van der Waals surface area contributed by atoms with E-state index in [4.69, 9.17) is 0 Å². The SMILES string of the molecule is CCCc1c(NCC)ncnc1NCCNC(=O)C1CC1. The molecule has 116 valence electrons. The van der Waals surface area contributed by atoms with Gasteiger partial charge in [-0.2, -0.15) is 0 Å². The van der Waals surface area contributed by atoms with Crippen LogP contribution in [0.4, 0.5) is 11.6 Å². The number of anilines is 2. The fourth-order valence-electron chi connectivity index (χ4n) is 2.23. The Morgan fingerprint density at radius 1 is 1.19 bits per heavy atom. The van der Waals surface area contributed by atoms with Gasteiger partial charge in [0.05, 0.1) is 0 Å². The largest absolute Gasteiger partial charge is 0.370 e. The second kappa shape index (κ2) is 7.81. The summed E-state index contributed by atoms with van der Waals surface area (Å²) in [6.07, 6.45) is 5.62. The molecule has 1 saturated carbocycles. The van der Waals surface area contributed by atoms with Crippen molar-refractivity contribution in [3.8, 4) is 0 Å². The number of nitrogens with one attached hydrogen (secondary N) is 3. The van der Waals surface area contributed by atoms with Gasteiger partial charge in [-0.05, 0) is 26.2 Å². The van der Waals surface area contributed by atoms with Crippen molar-refractivity contribution in [2.45, 2.75) is 39.5 Å². The monoisotopic (exact) mass is 291 g/mol. The van der Waals surface area contributed by atoms with Gasteiger partial charge in [0, 0.05) is 31.1 Å². The van der Waals surface area contributed by atoms with Gasteiger partial charge in [0.1, 0.15) is 18.0 Å². The maximum atomic E-state index is 11.6. The predicted molar refractivity (Wildman–Crippen MR) is 84.4 cm³/mol. The molecule has 6 heteroatoms. The Bertz CT molecular complexity index is 473. The third-order valence-electron chi connectivity index (χ3n) is 3.45. The highest BCUT2D eigenvalue weighted by Crippen LogP contribution is 2.28. The van der Waals surface area contributed by atoms with Crippen LogP contribution in [0.3, 0.4) is 0 Å². The highest BCUT2D eigenvalue weighted by atomic mass is 16.2. The number of nitrogens with zero attached hydrogens (tertiary/aromatic N) is 2. The van der Waals surface area contributed by atoms with E-state index in [-0.39, 0.29) is 11.8 Å². The minimum absolute atomic E-state index is 0.182. The van der Waals surface area contributed by atoms with E-state index >= 15 is 0 Å². The van der Waals surface area contributed by atoms with Crippen molar-refractivity contribution < 1.29 is 4.79 Å². The number of rotatable bonds is 9. The Kier molecular flexibility index (Phi) is 5.78. The highest BCUT2D eigenvalue weighted by Gasteiger charge is 2.28. The van der Waals surface area contributed by atoms with Crippen molar-refractivity contribution in [2.75, 3.05) is 30.3 Å². The Morgan fingerprint density at radius 2 is 1.90 bits per heavy atom. The predicted octanol–water partition coefficient (Wildman–Crippen LogP) is 1.80. The summed E-state index contributed by atoms with van der Waals surface area (Å²) in [7, 11) is 0.